The van der Waals surface area contributed by atoms with Crippen LogP contribution in [0.25, 0.3) is 0 Å². The van der Waals surface area contributed by atoms with Crippen LogP contribution in [0.15, 0.2) is 23.8 Å². The monoisotopic (exact) mass is 254 g/mol. The summed E-state index contributed by atoms with van der Waals surface area (Å²) in [6.07, 6.45) is 9.54. The minimum atomic E-state index is 0.267. The van der Waals surface area contributed by atoms with E-state index in [2.05, 4.69) is 25.1 Å². The number of hydrogen-bond donors (Lipinski definition) is 0. The second kappa shape index (κ2) is 5.88. The van der Waals surface area contributed by atoms with Crippen molar-refractivity contribution in [2.45, 2.75) is 50.8 Å². The summed E-state index contributed by atoms with van der Waals surface area (Å²) < 4.78 is 0. The minimum absolute atomic E-state index is 0.267. The summed E-state index contributed by atoms with van der Waals surface area (Å²) >= 11 is 8.19. The highest BCUT2D eigenvalue weighted by Gasteiger charge is 2.10. The Morgan fingerprint density at radius 3 is 2.88 bits per heavy atom. The Kier molecular flexibility index (Phi) is 4.48. The number of thiophene rings is 1. The van der Waals surface area contributed by atoms with Crippen LogP contribution in [0.3, 0.4) is 0 Å². The Hall–Kier alpha value is -0.270. The second-order valence-electron chi connectivity index (χ2n) is 4.49. The summed E-state index contributed by atoms with van der Waals surface area (Å²) in [6, 6.07) is 4.54. The van der Waals surface area contributed by atoms with Crippen LogP contribution in [-0.2, 0) is 12.8 Å². The molecule has 88 valence electrons. The first-order valence-electron chi connectivity index (χ1n) is 6.19. The highest BCUT2D eigenvalue weighted by atomic mass is 35.5. The van der Waals surface area contributed by atoms with E-state index in [-0.39, 0.29) is 5.38 Å². The van der Waals surface area contributed by atoms with Crippen molar-refractivity contribution in [3.8, 4) is 0 Å². The van der Waals surface area contributed by atoms with Gasteiger partial charge in [0.2, 0.25) is 0 Å². The number of alkyl halides is 1. The molecule has 0 aliphatic heterocycles. The molecule has 0 aromatic carbocycles. The molecule has 0 bridgehead atoms. The van der Waals surface area contributed by atoms with Crippen LogP contribution < -0.4 is 0 Å². The molecular weight excluding hydrogens is 236 g/mol. The van der Waals surface area contributed by atoms with Gasteiger partial charge in [0.1, 0.15) is 0 Å². The van der Waals surface area contributed by atoms with Gasteiger partial charge in [-0.25, -0.2) is 0 Å². The van der Waals surface area contributed by atoms with Gasteiger partial charge in [-0.15, -0.1) is 22.9 Å². The summed E-state index contributed by atoms with van der Waals surface area (Å²) in [6.45, 7) is 2.22. The largest absolute Gasteiger partial charge is 0.145 e. The van der Waals surface area contributed by atoms with E-state index in [4.69, 9.17) is 11.6 Å². The molecule has 0 spiro atoms. The molecule has 1 aliphatic rings. The molecule has 0 nitrogen and oxygen atoms in total. The summed E-state index contributed by atoms with van der Waals surface area (Å²) in [4.78, 5) is 2.99. The van der Waals surface area contributed by atoms with Gasteiger partial charge in [-0.3, -0.25) is 0 Å². The maximum Gasteiger partial charge on any atom is 0.0518 e. The van der Waals surface area contributed by atoms with Gasteiger partial charge in [-0.05, 0) is 37.8 Å². The smallest absolute Gasteiger partial charge is 0.0518 e. The van der Waals surface area contributed by atoms with E-state index in [1.807, 2.05) is 11.3 Å². The molecule has 0 radical (unpaired) electrons. The molecule has 0 fully saturated rings. The lowest BCUT2D eigenvalue weighted by Gasteiger charge is -2.03. The van der Waals surface area contributed by atoms with Gasteiger partial charge in [0.05, 0.1) is 5.38 Å². The number of hydrogen-bond acceptors (Lipinski definition) is 1. The first kappa shape index (κ1) is 12.2. The molecule has 1 heterocycles. The van der Waals surface area contributed by atoms with Gasteiger partial charge in [0.25, 0.3) is 0 Å². The third-order valence-corrected chi connectivity index (χ3v) is 4.69. The fourth-order valence-corrected chi connectivity index (χ4v) is 3.54. The molecule has 0 saturated heterocycles. The minimum Gasteiger partial charge on any atom is -0.145 e. The lowest BCUT2D eigenvalue weighted by molar-refractivity contribution is 0.710. The van der Waals surface area contributed by atoms with Crippen molar-refractivity contribution in [3.05, 3.63) is 33.5 Å². The van der Waals surface area contributed by atoms with Crippen LogP contribution in [0, 0.1) is 0 Å². The van der Waals surface area contributed by atoms with Crippen molar-refractivity contribution in [2.75, 3.05) is 0 Å². The maximum atomic E-state index is 6.24. The second-order valence-corrected chi connectivity index (χ2v) is 6.30. The van der Waals surface area contributed by atoms with E-state index in [0.717, 1.165) is 19.3 Å². The first-order chi connectivity index (χ1) is 7.78. The lowest BCUT2D eigenvalue weighted by atomic mass is 10.1. The zero-order valence-electron chi connectivity index (χ0n) is 9.84. The summed E-state index contributed by atoms with van der Waals surface area (Å²) in [5, 5.41) is 0.267. The molecule has 0 saturated carbocycles. The van der Waals surface area contributed by atoms with Crippen molar-refractivity contribution < 1.29 is 0 Å². The van der Waals surface area contributed by atoms with Gasteiger partial charge < -0.3 is 0 Å². The topological polar surface area (TPSA) is 0 Å². The molecule has 1 aliphatic carbocycles. The van der Waals surface area contributed by atoms with Crippen molar-refractivity contribution in [2.24, 2.45) is 0 Å². The number of halogens is 1. The average Bonchev–Trinajstić information content (AvgIpc) is 2.62. The molecule has 1 atom stereocenters. The standard InChI is InChI=1S/C14H19ClS/c1-2-13-7-8-14(16-13)10-11-5-3-4-6-12(15)9-11/h7-9,12H,2-6,10H2,1H3. The van der Waals surface area contributed by atoms with Crippen LogP contribution >= 0.6 is 22.9 Å². The van der Waals surface area contributed by atoms with Crippen molar-refractivity contribution in [1.29, 1.82) is 0 Å². The third-order valence-electron chi connectivity index (χ3n) is 3.11. The van der Waals surface area contributed by atoms with Gasteiger partial charge in [0, 0.05) is 16.2 Å². The van der Waals surface area contributed by atoms with Crippen molar-refractivity contribution in [3.63, 3.8) is 0 Å². The zero-order valence-corrected chi connectivity index (χ0v) is 11.4. The maximum absolute atomic E-state index is 6.24. The predicted molar refractivity (Wildman–Crippen MR) is 73.6 cm³/mol. The molecular formula is C14H19ClS. The van der Waals surface area contributed by atoms with E-state index in [0.29, 0.717) is 0 Å². The van der Waals surface area contributed by atoms with Gasteiger partial charge >= 0.3 is 0 Å². The van der Waals surface area contributed by atoms with Gasteiger partial charge in [0.15, 0.2) is 0 Å². The van der Waals surface area contributed by atoms with Crippen molar-refractivity contribution in [1.82, 2.24) is 0 Å². The van der Waals surface area contributed by atoms with Gasteiger partial charge in [-0.1, -0.05) is 25.0 Å². The van der Waals surface area contributed by atoms with E-state index >= 15 is 0 Å². The summed E-state index contributed by atoms with van der Waals surface area (Å²) in [7, 11) is 0. The first-order valence-corrected chi connectivity index (χ1v) is 7.44. The summed E-state index contributed by atoms with van der Waals surface area (Å²) in [5.74, 6) is 0. The molecule has 1 aromatic heterocycles. The van der Waals surface area contributed by atoms with Crippen LogP contribution in [0.2, 0.25) is 0 Å². The number of allylic oxidation sites excluding steroid dienone is 2. The molecule has 2 heteroatoms. The SMILES string of the molecule is CCc1ccc(CC2=CC(Cl)CCCC2)s1. The highest BCUT2D eigenvalue weighted by molar-refractivity contribution is 7.12. The van der Waals surface area contributed by atoms with Crippen LogP contribution in [0.4, 0.5) is 0 Å². The summed E-state index contributed by atoms with van der Waals surface area (Å²) in [5.41, 5.74) is 1.54. The van der Waals surface area contributed by atoms with Crippen LogP contribution in [-0.4, -0.2) is 5.38 Å². The molecule has 0 amide bonds. The van der Waals surface area contributed by atoms with E-state index in [9.17, 15) is 0 Å². The Morgan fingerprint density at radius 2 is 2.12 bits per heavy atom. The zero-order chi connectivity index (χ0) is 11.4. The van der Waals surface area contributed by atoms with Crippen molar-refractivity contribution >= 4 is 22.9 Å². The molecule has 1 aromatic rings. The number of rotatable bonds is 3. The quantitative estimate of drug-likeness (QED) is 0.528. The fourth-order valence-electron chi connectivity index (χ4n) is 2.19. The number of aryl methyl sites for hydroxylation is 1. The molecule has 1 unspecified atom stereocenters. The molecule has 0 N–H and O–H groups in total. The molecule has 16 heavy (non-hydrogen) atoms. The molecule has 2 rings (SSSR count). The Bertz CT molecular complexity index is 365. The highest BCUT2D eigenvalue weighted by Crippen LogP contribution is 2.26. The third kappa shape index (κ3) is 3.36. The van der Waals surface area contributed by atoms with Crippen LogP contribution in [0.1, 0.15) is 42.4 Å². The normalized spacial score (nSPS) is 21.6. The van der Waals surface area contributed by atoms with E-state index in [1.165, 1.54) is 29.0 Å². The Morgan fingerprint density at radius 1 is 1.31 bits per heavy atom. The van der Waals surface area contributed by atoms with E-state index in [1.54, 1.807) is 5.57 Å². The lowest BCUT2D eigenvalue weighted by Crippen LogP contribution is -1.93. The fraction of sp³-hybridized carbons (Fsp3) is 0.571. The van der Waals surface area contributed by atoms with E-state index < -0.39 is 0 Å². The Labute approximate surface area is 107 Å². The Balaban J connectivity index is 2.02. The van der Waals surface area contributed by atoms with Gasteiger partial charge in [-0.2, -0.15) is 0 Å². The predicted octanol–water partition coefficient (Wildman–Crippen LogP) is 4.96. The van der Waals surface area contributed by atoms with Crippen LogP contribution in [0.5, 0.6) is 0 Å². The average molecular weight is 255 g/mol.